The molecule has 0 N–H and O–H groups in total. The molecule has 22 heavy (non-hydrogen) atoms. The van der Waals surface area contributed by atoms with Crippen LogP contribution in [-0.4, -0.2) is 21.8 Å². The number of hydrogen-bond donors (Lipinski definition) is 0. The van der Waals surface area contributed by atoms with Crippen LogP contribution in [0.3, 0.4) is 0 Å². The number of thioether (sulfide) groups is 1. The van der Waals surface area contributed by atoms with Crippen LogP contribution in [0.4, 0.5) is 0 Å². The van der Waals surface area contributed by atoms with Gasteiger partial charge in [-0.15, -0.1) is 0 Å². The van der Waals surface area contributed by atoms with Crippen LogP contribution in [0.2, 0.25) is 0 Å². The number of hydrogen-bond acceptors (Lipinski definition) is 4. The van der Waals surface area contributed by atoms with Crippen molar-refractivity contribution in [3.05, 3.63) is 54.1 Å². The second-order valence-corrected chi connectivity index (χ2v) is 5.69. The van der Waals surface area contributed by atoms with Crippen LogP contribution >= 0.6 is 11.8 Å². The molecule has 0 saturated carbocycles. The summed E-state index contributed by atoms with van der Waals surface area (Å²) < 4.78 is 7.17. The van der Waals surface area contributed by atoms with Crippen molar-refractivity contribution in [2.45, 2.75) is 18.6 Å². The van der Waals surface area contributed by atoms with Gasteiger partial charge in [0.2, 0.25) is 5.12 Å². The minimum Gasteiger partial charge on any atom is -0.497 e. The Kier molecular flexibility index (Phi) is 4.15. The van der Waals surface area contributed by atoms with E-state index in [0.29, 0.717) is 5.56 Å². The molecule has 0 aliphatic rings. The van der Waals surface area contributed by atoms with Crippen molar-refractivity contribution in [3.63, 3.8) is 0 Å². The Labute approximate surface area is 133 Å². The van der Waals surface area contributed by atoms with Crippen LogP contribution < -0.4 is 4.74 Å². The minimum absolute atomic E-state index is 0.0207. The Hall–Kier alpha value is -2.27. The van der Waals surface area contributed by atoms with Crippen LogP contribution in [0.15, 0.2) is 53.7 Å². The zero-order chi connectivity index (χ0) is 15.5. The maximum atomic E-state index is 12.4. The van der Waals surface area contributed by atoms with Gasteiger partial charge in [0.15, 0.2) is 5.16 Å². The highest BCUT2D eigenvalue weighted by Gasteiger charge is 2.15. The van der Waals surface area contributed by atoms with Crippen LogP contribution in [0.1, 0.15) is 17.3 Å². The van der Waals surface area contributed by atoms with Crippen LogP contribution in [0.5, 0.6) is 5.75 Å². The normalized spacial score (nSPS) is 10.8. The maximum absolute atomic E-state index is 12.4. The first-order valence-corrected chi connectivity index (χ1v) is 7.86. The summed E-state index contributed by atoms with van der Waals surface area (Å²) >= 11 is 1.16. The molecule has 1 heterocycles. The molecule has 4 nitrogen and oxygen atoms in total. The largest absolute Gasteiger partial charge is 0.497 e. The van der Waals surface area contributed by atoms with Gasteiger partial charge in [0.05, 0.1) is 18.1 Å². The first kappa shape index (κ1) is 14.7. The lowest BCUT2D eigenvalue weighted by Gasteiger charge is -2.05. The van der Waals surface area contributed by atoms with E-state index >= 15 is 0 Å². The summed E-state index contributed by atoms with van der Waals surface area (Å²) in [6, 6.07) is 15.0. The summed E-state index contributed by atoms with van der Waals surface area (Å²) in [6.45, 7) is 2.83. The zero-order valence-corrected chi connectivity index (χ0v) is 13.3. The monoisotopic (exact) mass is 312 g/mol. The van der Waals surface area contributed by atoms with E-state index in [1.165, 1.54) is 0 Å². The van der Waals surface area contributed by atoms with Gasteiger partial charge >= 0.3 is 0 Å². The Morgan fingerprint density at radius 1 is 1.18 bits per heavy atom. The molecule has 2 aromatic carbocycles. The lowest BCUT2D eigenvalue weighted by atomic mass is 10.2. The highest BCUT2D eigenvalue weighted by molar-refractivity contribution is 8.14. The minimum atomic E-state index is -0.0207. The number of carbonyl (C=O) groups excluding carboxylic acids is 1. The van der Waals surface area contributed by atoms with Crippen LogP contribution in [-0.2, 0) is 6.54 Å². The van der Waals surface area contributed by atoms with Crippen molar-refractivity contribution in [2.75, 3.05) is 7.11 Å². The number of rotatable bonds is 4. The first-order valence-electron chi connectivity index (χ1n) is 7.04. The Balaban J connectivity index is 1.90. The zero-order valence-electron chi connectivity index (χ0n) is 12.4. The molecule has 112 valence electrons. The maximum Gasteiger partial charge on any atom is 0.227 e. The van der Waals surface area contributed by atoms with Gasteiger partial charge in [0.25, 0.3) is 0 Å². The van der Waals surface area contributed by atoms with E-state index in [2.05, 4.69) is 16.5 Å². The summed E-state index contributed by atoms with van der Waals surface area (Å²) in [4.78, 5) is 17.0. The van der Waals surface area contributed by atoms with Gasteiger partial charge < -0.3 is 9.30 Å². The Morgan fingerprint density at radius 2 is 1.91 bits per heavy atom. The number of methoxy groups -OCH3 is 1. The molecule has 0 amide bonds. The molecule has 0 saturated heterocycles. The molecule has 0 fully saturated rings. The average Bonchev–Trinajstić information content (AvgIpc) is 2.91. The van der Waals surface area contributed by atoms with Crippen LogP contribution in [0, 0.1) is 0 Å². The summed E-state index contributed by atoms with van der Waals surface area (Å²) in [6.07, 6.45) is 0. The third-order valence-electron chi connectivity index (χ3n) is 3.45. The van der Waals surface area contributed by atoms with E-state index in [4.69, 9.17) is 4.74 Å². The van der Waals surface area contributed by atoms with Crippen LogP contribution in [0.25, 0.3) is 11.0 Å². The second-order valence-electron chi connectivity index (χ2n) is 4.75. The fraction of sp³-hybridized carbons (Fsp3) is 0.176. The van der Waals surface area contributed by atoms with Crippen molar-refractivity contribution < 1.29 is 9.53 Å². The molecule has 0 bridgehead atoms. The molecule has 0 aliphatic carbocycles. The molecular formula is C17H16N2O2S. The Bertz CT molecular complexity index is 809. The highest BCUT2D eigenvalue weighted by atomic mass is 32.2. The fourth-order valence-corrected chi connectivity index (χ4v) is 3.21. The number of aromatic nitrogens is 2. The molecule has 3 aromatic rings. The number of para-hydroxylation sites is 2. The molecule has 1 aromatic heterocycles. The van der Waals surface area contributed by atoms with Gasteiger partial charge in [0.1, 0.15) is 5.75 Å². The van der Waals surface area contributed by atoms with Gasteiger partial charge in [-0.1, -0.05) is 12.1 Å². The summed E-state index contributed by atoms with van der Waals surface area (Å²) in [5, 5.41) is 0.706. The molecule has 0 atom stereocenters. The lowest BCUT2D eigenvalue weighted by Crippen LogP contribution is -2.00. The van der Waals surface area contributed by atoms with Crippen molar-refractivity contribution in [1.82, 2.24) is 9.55 Å². The van der Waals surface area contributed by atoms with Crippen molar-refractivity contribution >= 4 is 27.9 Å². The van der Waals surface area contributed by atoms with E-state index in [1.54, 1.807) is 31.4 Å². The second kappa shape index (κ2) is 6.23. The number of carbonyl (C=O) groups is 1. The number of imidazole rings is 1. The quantitative estimate of drug-likeness (QED) is 0.683. The number of fused-ring (bicyclic) bond motifs is 1. The fourth-order valence-electron chi connectivity index (χ4n) is 2.31. The van der Waals surface area contributed by atoms with Gasteiger partial charge in [-0.25, -0.2) is 4.98 Å². The summed E-state index contributed by atoms with van der Waals surface area (Å²) in [5.41, 5.74) is 2.60. The van der Waals surface area contributed by atoms with E-state index in [1.807, 2.05) is 24.3 Å². The van der Waals surface area contributed by atoms with Gasteiger partial charge in [-0.05, 0) is 55.1 Å². The van der Waals surface area contributed by atoms with Crippen molar-refractivity contribution in [1.29, 1.82) is 0 Å². The van der Waals surface area contributed by atoms with Gasteiger partial charge in [-0.3, -0.25) is 4.79 Å². The molecule has 0 aliphatic heterocycles. The third-order valence-corrected chi connectivity index (χ3v) is 4.36. The molecule has 0 unspecified atom stereocenters. The van der Waals surface area contributed by atoms with Gasteiger partial charge in [0, 0.05) is 12.1 Å². The molecule has 3 rings (SSSR count). The molecule has 0 spiro atoms. The SMILES string of the molecule is CCn1c(SC(=O)c2ccc(OC)cc2)nc2ccccc21. The number of ether oxygens (including phenoxy) is 1. The lowest BCUT2D eigenvalue weighted by molar-refractivity contribution is 0.108. The van der Waals surface area contributed by atoms with Gasteiger partial charge in [-0.2, -0.15) is 0 Å². The number of nitrogens with zero attached hydrogens (tertiary/aromatic N) is 2. The first-order chi connectivity index (χ1) is 10.7. The third kappa shape index (κ3) is 2.72. The Morgan fingerprint density at radius 3 is 2.59 bits per heavy atom. The molecular weight excluding hydrogens is 296 g/mol. The molecule has 0 radical (unpaired) electrons. The standard InChI is InChI=1S/C17H16N2O2S/c1-3-19-15-7-5-4-6-14(15)18-17(19)22-16(20)12-8-10-13(21-2)11-9-12/h4-11H,3H2,1-2H3. The van der Waals surface area contributed by atoms with E-state index in [-0.39, 0.29) is 5.12 Å². The van der Waals surface area contributed by atoms with E-state index in [0.717, 1.165) is 40.2 Å². The highest BCUT2D eigenvalue weighted by Crippen LogP contribution is 2.27. The summed E-state index contributed by atoms with van der Waals surface area (Å²) in [7, 11) is 1.61. The smallest absolute Gasteiger partial charge is 0.227 e. The van der Waals surface area contributed by atoms with Crippen molar-refractivity contribution in [2.24, 2.45) is 0 Å². The van der Waals surface area contributed by atoms with Crippen molar-refractivity contribution in [3.8, 4) is 5.75 Å². The average molecular weight is 312 g/mol. The predicted molar refractivity (Wildman–Crippen MR) is 88.6 cm³/mol. The number of aryl methyl sites for hydroxylation is 1. The predicted octanol–water partition coefficient (Wildman–Crippen LogP) is 4.00. The number of benzene rings is 2. The van der Waals surface area contributed by atoms with E-state index < -0.39 is 0 Å². The van der Waals surface area contributed by atoms with E-state index in [9.17, 15) is 4.79 Å². The summed E-state index contributed by atoms with van der Waals surface area (Å²) in [5.74, 6) is 0.738. The topological polar surface area (TPSA) is 44.1 Å². The molecule has 5 heteroatoms.